The Kier molecular flexibility index (Phi) is 5.31. The van der Waals surface area contributed by atoms with Gasteiger partial charge in [-0.05, 0) is 6.92 Å². The van der Waals surface area contributed by atoms with Crippen molar-refractivity contribution in [3.63, 3.8) is 0 Å². The molecule has 0 fully saturated rings. The summed E-state index contributed by atoms with van der Waals surface area (Å²) in [6, 6.07) is 0. The highest BCUT2D eigenvalue weighted by Crippen LogP contribution is 2.07. The Balaban J connectivity index is 1.93. The van der Waals surface area contributed by atoms with Gasteiger partial charge in [0.2, 0.25) is 0 Å². The number of methoxy groups -OCH3 is 1. The SMILES string of the molecule is COCCNCc1cnc(C)n1CCc1nccn1C. The summed E-state index contributed by atoms with van der Waals surface area (Å²) >= 11 is 0. The van der Waals surface area contributed by atoms with Gasteiger partial charge in [-0.25, -0.2) is 9.97 Å². The van der Waals surface area contributed by atoms with E-state index >= 15 is 0 Å². The van der Waals surface area contributed by atoms with Gasteiger partial charge in [0.15, 0.2) is 0 Å². The van der Waals surface area contributed by atoms with E-state index in [1.54, 1.807) is 7.11 Å². The minimum atomic E-state index is 0.723. The molecule has 0 saturated heterocycles. The van der Waals surface area contributed by atoms with Crippen LogP contribution in [0.25, 0.3) is 0 Å². The van der Waals surface area contributed by atoms with Crippen LogP contribution in [-0.2, 0) is 31.3 Å². The van der Waals surface area contributed by atoms with Crippen molar-refractivity contribution in [2.75, 3.05) is 20.3 Å². The Hall–Kier alpha value is -1.66. The van der Waals surface area contributed by atoms with Gasteiger partial charge in [0.25, 0.3) is 0 Å². The van der Waals surface area contributed by atoms with Gasteiger partial charge in [0.05, 0.1) is 12.3 Å². The molecule has 2 heterocycles. The molecule has 0 spiro atoms. The minimum Gasteiger partial charge on any atom is -0.383 e. The maximum atomic E-state index is 5.03. The number of rotatable bonds is 8. The van der Waals surface area contributed by atoms with Gasteiger partial charge in [-0.1, -0.05) is 0 Å². The fraction of sp³-hybridized carbons (Fsp3) is 0.571. The van der Waals surface area contributed by atoms with Crippen LogP contribution in [0.5, 0.6) is 0 Å². The quantitative estimate of drug-likeness (QED) is 0.729. The summed E-state index contributed by atoms with van der Waals surface area (Å²) in [7, 11) is 3.74. The first-order chi connectivity index (χ1) is 9.72. The smallest absolute Gasteiger partial charge is 0.110 e. The van der Waals surface area contributed by atoms with Crippen LogP contribution in [0.2, 0.25) is 0 Å². The molecule has 0 amide bonds. The maximum absolute atomic E-state index is 5.03. The van der Waals surface area contributed by atoms with E-state index in [1.807, 2.05) is 32.6 Å². The molecule has 0 aromatic carbocycles. The van der Waals surface area contributed by atoms with E-state index in [1.165, 1.54) is 5.69 Å². The number of imidazole rings is 2. The van der Waals surface area contributed by atoms with Crippen molar-refractivity contribution in [2.45, 2.75) is 26.4 Å². The minimum absolute atomic E-state index is 0.723. The highest BCUT2D eigenvalue weighted by atomic mass is 16.5. The van der Waals surface area contributed by atoms with Crippen LogP contribution >= 0.6 is 0 Å². The number of hydrogen-bond donors (Lipinski definition) is 1. The molecule has 0 aliphatic heterocycles. The van der Waals surface area contributed by atoms with Crippen LogP contribution in [-0.4, -0.2) is 39.4 Å². The van der Waals surface area contributed by atoms with Crippen LogP contribution in [0, 0.1) is 6.92 Å². The van der Waals surface area contributed by atoms with E-state index in [4.69, 9.17) is 4.74 Å². The largest absolute Gasteiger partial charge is 0.383 e. The van der Waals surface area contributed by atoms with Crippen molar-refractivity contribution in [1.82, 2.24) is 24.4 Å². The van der Waals surface area contributed by atoms with E-state index in [2.05, 4.69) is 24.4 Å². The summed E-state index contributed by atoms with van der Waals surface area (Å²) < 4.78 is 9.33. The summed E-state index contributed by atoms with van der Waals surface area (Å²) in [5.74, 6) is 2.14. The Labute approximate surface area is 119 Å². The molecule has 20 heavy (non-hydrogen) atoms. The number of aromatic nitrogens is 4. The topological polar surface area (TPSA) is 56.9 Å². The van der Waals surface area contributed by atoms with Gasteiger partial charge >= 0.3 is 0 Å². The molecule has 0 aliphatic carbocycles. The predicted molar refractivity (Wildman–Crippen MR) is 77.5 cm³/mol. The first kappa shape index (κ1) is 14.7. The molecule has 0 atom stereocenters. The van der Waals surface area contributed by atoms with E-state index in [0.717, 1.165) is 44.3 Å². The molecule has 2 aromatic heterocycles. The molecule has 6 nitrogen and oxygen atoms in total. The number of nitrogens with one attached hydrogen (secondary N) is 1. The molecule has 0 radical (unpaired) electrons. The second-order valence-corrected chi connectivity index (χ2v) is 4.82. The summed E-state index contributed by atoms with van der Waals surface area (Å²) in [6.45, 7) is 5.32. The molecule has 2 aromatic rings. The average molecular weight is 277 g/mol. The normalized spacial score (nSPS) is 11.2. The van der Waals surface area contributed by atoms with Crippen LogP contribution < -0.4 is 5.32 Å². The summed E-state index contributed by atoms with van der Waals surface area (Å²) in [4.78, 5) is 8.76. The molecular weight excluding hydrogens is 254 g/mol. The monoisotopic (exact) mass is 277 g/mol. The second kappa shape index (κ2) is 7.21. The van der Waals surface area contributed by atoms with E-state index in [9.17, 15) is 0 Å². The lowest BCUT2D eigenvalue weighted by atomic mass is 10.3. The standard InChI is InChI=1S/C14H23N5O/c1-12-17-11-13(10-15-6-9-20-3)19(12)7-4-14-16-5-8-18(14)2/h5,8,11,15H,4,6-7,9-10H2,1-3H3. The zero-order valence-electron chi connectivity index (χ0n) is 12.5. The fourth-order valence-corrected chi connectivity index (χ4v) is 2.20. The van der Waals surface area contributed by atoms with Crippen LogP contribution in [0.3, 0.4) is 0 Å². The van der Waals surface area contributed by atoms with Crippen molar-refractivity contribution in [1.29, 1.82) is 0 Å². The molecule has 110 valence electrons. The van der Waals surface area contributed by atoms with Crippen molar-refractivity contribution >= 4 is 0 Å². The molecule has 0 bridgehead atoms. The summed E-state index contributed by atoms with van der Waals surface area (Å²) in [5.41, 5.74) is 1.20. The Morgan fingerprint density at radius 3 is 2.90 bits per heavy atom. The van der Waals surface area contributed by atoms with Crippen LogP contribution in [0.1, 0.15) is 17.3 Å². The van der Waals surface area contributed by atoms with Gasteiger partial charge < -0.3 is 19.2 Å². The molecule has 1 N–H and O–H groups in total. The van der Waals surface area contributed by atoms with Gasteiger partial charge in [0.1, 0.15) is 11.6 Å². The van der Waals surface area contributed by atoms with E-state index in [0.29, 0.717) is 0 Å². The molecule has 0 unspecified atom stereocenters. The number of hydrogen-bond acceptors (Lipinski definition) is 4. The number of ether oxygens (including phenoxy) is 1. The Morgan fingerprint density at radius 1 is 1.35 bits per heavy atom. The molecule has 6 heteroatoms. The Bertz CT molecular complexity index is 531. The van der Waals surface area contributed by atoms with E-state index < -0.39 is 0 Å². The van der Waals surface area contributed by atoms with Crippen LogP contribution in [0.4, 0.5) is 0 Å². The Morgan fingerprint density at radius 2 is 2.20 bits per heavy atom. The lowest BCUT2D eigenvalue weighted by molar-refractivity contribution is 0.199. The number of aryl methyl sites for hydroxylation is 3. The lowest BCUT2D eigenvalue weighted by Crippen LogP contribution is -2.21. The average Bonchev–Trinajstić information content (AvgIpc) is 2.99. The van der Waals surface area contributed by atoms with Crippen LogP contribution in [0.15, 0.2) is 18.6 Å². The van der Waals surface area contributed by atoms with Crippen molar-refractivity contribution in [2.24, 2.45) is 7.05 Å². The molecule has 0 saturated carbocycles. The van der Waals surface area contributed by atoms with Crippen molar-refractivity contribution in [3.05, 3.63) is 35.9 Å². The maximum Gasteiger partial charge on any atom is 0.110 e. The second-order valence-electron chi connectivity index (χ2n) is 4.82. The zero-order chi connectivity index (χ0) is 14.4. The molecule has 0 aliphatic rings. The zero-order valence-corrected chi connectivity index (χ0v) is 12.5. The predicted octanol–water partition coefficient (Wildman–Crippen LogP) is 0.904. The van der Waals surface area contributed by atoms with Gasteiger partial charge in [-0.15, -0.1) is 0 Å². The van der Waals surface area contributed by atoms with Gasteiger partial charge in [-0.3, -0.25) is 0 Å². The van der Waals surface area contributed by atoms with Crippen molar-refractivity contribution < 1.29 is 4.74 Å². The first-order valence-corrected chi connectivity index (χ1v) is 6.89. The third-order valence-corrected chi connectivity index (χ3v) is 3.41. The van der Waals surface area contributed by atoms with Gasteiger partial charge in [0, 0.05) is 58.8 Å². The van der Waals surface area contributed by atoms with Gasteiger partial charge in [-0.2, -0.15) is 0 Å². The third-order valence-electron chi connectivity index (χ3n) is 3.41. The third kappa shape index (κ3) is 3.68. The highest BCUT2D eigenvalue weighted by Gasteiger charge is 2.07. The highest BCUT2D eigenvalue weighted by molar-refractivity contribution is 5.05. The van der Waals surface area contributed by atoms with E-state index in [-0.39, 0.29) is 0 Å². The fourth-order valence-electron chi connectivity index (χ4n) is 2.20. The first-order valence-electron chi connectivity index (χ1n) is 6.89. The molecule has 2 rings (SSSR count). The molecular formula is C14H23N5O. The summed E-state index contributed by atoms with van der Waals surface area (Å²) in [6.07, 6.45) is 6.66. The number of nitrogens with zero attached hydrogens (tertiary/aromatic N) is 4. The summed E-state index contributed by atoms with van der Waals surface area (Å²) in [5, 5.41) is 3.35. The van der Waals surface area contributed by atoms with Crippen molar-refractivity contribution in [3.8, 4) is 0 Å². The lowest BCUT2D eigenvalue weighted by Gasteiger charge is -2.11.